The zero-order valence-electron chi connectivity index (χ0n) is 15.3. The van der Waals surface area contributed by atoms with Gasteiger partial charge >= 0.3 is 6.18 Å². The summed E-state index contributed by atoms with van der Waals surface area (Å²) in [5.41, 5.74) is 0.778. The van der Waals surface area contributed by atoms with E-state index in [1.54, 1.807) is 0 Å². The summed E-state index contributed by atoms with van der Waals surface area (Å²) in [6.45, 7) is 11.5. The van der Waals surface area contributed by atoms with Gasteiger partial charge in [0.05, 0.1) is 13.6 Å². The molecule has 0 saturated heterocycles. The van der Waals surface area contributed by atoms with Gasteiger partial charge in [0.15, 0.2) is 0 Å². The molecule has 0 bridgehead atoms. The fourth-order valence-electron chi connectivity index (χ4n) is 2.29. The Morgan fingerprint density at radius 3 is 1.48 bits per heavy atom. The van der Waals surface area contributed by atoms with Gasteiger partial charge in [-0.15, -0.1) is 0 Å². The van der Waals surface area contributed by atoms with Crippen molar-refractivity contribution >= 4 is 13.3 Å². The molecule has 25 heavy (non-hydrogen) atoms. The van der Waals surface area contributed by atoms with E-state index in [0.29, 0.717) is 5.56 Å². The van der Waals surface area contributed by atoms with E-state index < -0.39 is 19.8 Å². The largest absolute Gasteiger partial charge is 0.416 e. The second kappa shape index (κ2) is 6.72. The summed E-state index contributed by atoms with van der Waals surface area (Å²) in [6, 6.07) is 13.2. The van der Waals surface area contributed by atoms with Gasteiger partial charge in [-0.3, -0.25) is 0 Å². The van der Waals surface area contributed by atoms with E-state index >= 15 is 0 Å². The van der Waals surface area contributed by atoms with Crippen molar-refractivity contribution in [2.45, 2.75) is 45.1 Å². The molecular formula is C21H23F3Si. The molecule has 2 aromatic rings. The standard InChI is InChI=1S/C21H23F3Si/c1-20(2,3)25(4,5)19-14-10-17(11-15-19)7-6-16-8-12-18(13-9-16)21(22,23)24/h8-15H,1-5H3. The van der Waals surface area contributed by atoms with E-state index in [2.05, 4.69) is 57.8 Å². The van der Waals surface area contributed by atoms with Gasteiger partial charge in [0.2, 0.25) is 0 Å². The van der Waals surface area contributed by atoms with Crippen LogP contribution in [0.25, 0.3) is 0 Å². The Morgan fingerprint density at radius 2 is 1.12 bits per heavy atom. The van der Waals surface area contributed by atoms with Gasteiger partial charge in [0.25, 0.3) is 0 Å². The molecular weight excluding hydrogens is 337 g/mol. The summed E-state index contributed by atoms with van der Waals surface area (Å²) in [5, 5.41) is 1.64. The van der Waals surface area contributed by atoms with E-state index in [9.17, 15) is 13.2 Å². The Bertz CT molecular complexity index is 781. The molecule has 0 aromatic heterocycles. The van der Waals surface area contributed by atoms with Crippen molar-refractivity contribution in [1.82, 2.24) is 0 Å². The number of halogens is 3. The van der Waals surface area contributed by atoms with Crippen LogP contribution in [0, 0.1) is 11.8 Å². The van der Waals surface area contributed by atoms with Crippen molar-refractivity contribution in [3.05, 3.63) is 65.2 Å². The van der Waals surface area contributed by atoms with Crippen LogP contribution in [-0.2, 0) is 6.18 Å². The van der Waals surface area contributed by atoms with Gasteiger partial charge in [-0.25, -0.2) is 0 Å². The normalized spacial score (nSPS) is 12.5. The van der Waals surface area contributed by atoms with Gasteiger partial charge in [-0.05, 0) is 41.4 Å². The number of alkyl halides is 3. The van der Waals surface area contributed by atoms with Crippen LogP contribution in [0.15, 0.2) is 48.5 Å². The molecule has 0 N–H and O–H groups in total. The Hall–Kier alpha value is -1.99. The highest BCUT2D eigenvalue weighted by Gasteiger charge is 2.36. The van der Waals surface area contributed by atoms with Gasteiger partial charge in [-0.2, -0.15) is 13.2 Å². The zero-order chi connectivity index (χ0) is 18.9. The molecule has 0 amide bonds. The van der Waals surface area contributed by atoms with E-state index in [-0.39, 0.29) is 5.04 Å². The molecule has 132 valence electrons. The maximum absolute atomic E-state index is 12.6. The average Bonchev–Trinajstić information content (AvgIpc) is 2.52. The first-order valence-electron chi connectivity index (χ1n) is 8.21. The van der Waals surface area contributed by atoms with Crippen molar-refractivity contribution in [2.75, 3.05) is 0 Å². The van der Waals surface area contributed by atoms with Crippen LogP contribution in [0.5, 0.6) is 0 Å². The van der Waals surface area contributed by atoms with Crippen molar-refractivity contribution in [3.63, 3.8) is 0 Å². The molecule has 0 spiro atoms. The highest BCUT2D eigenvalue weighted by Crippen LogP contribution is 2.35. The van der Waals surface area contributed by atoms with Crippen molar-refractivity contribution in [1.29, 1.82) is 0 Å². The first-order chi connectivity index (χ1) is 11.4. The van der Waals surface area contributed by atoms with Gasteiger partial charge < -0.3 is 0 Å². The molecule has 0 saturated carbocycles. The maximum atomic E-state index is 12.6. The third kappa shape index (κ3) is 4.55. The Labute approximate surface area is 149 Å². The molecule has 2 rings (SSSR count). The molecule has 2 aromatic carbocycles. The minimum absolute atomic E-state index is 0.264. The molecule has 0 radical (unpaired) electrons. The zero-order valence-corrected chi connectivity index (χ0v) is 16.3. The molecule has 0 heterocycles. The van der Waals surface area contributed by atoms with E-state index in [0.717, 1.165) is 17.7 Å². The summed E-state index contributed by atoms with van der Waals surface area (Å²) in [6.07, 6.45) is -4.31. The average molecular weight is 360 g/mol. The number of hydrogen-bond acceptors (Lipinski definition) is 0. The van der Waals surface area contributed by atoms with Crippen LogP contribution in [0.3, 0.4) is 0 Å². The topological polar surface area (TPSA) is 0 Å². The lowest BCUT2D eigenvalue weighted by Gasteiger charge is -2.37. The Morgan fingerprint density at radius 1 is 0.720 bits per heavy atom. The van der Waals surface area contributed by atoms with Crippen LogP contribution >= 0.6 is 0 Å². The first-order valence-corrected chi connectivity index (χ1v) is 11.2. The van der Waals surface area contributed by atoms with E-state index in [1.165, 1.54) is 17.3 Å². The quantitative estimate of drug-likeness (QED) is 0.444. The third-order valence-corrected chi connectivity index (χ3v) is 10.6. The molecule has 0 aliphatic heterocycles. The highest BCUT2D eigenvalue weighted by atomic mass is 28.3. The maximum Gasteiger partial charge on any atom is 0.416 e. The van der Waals surface area contributed by atoms with Gasteiger partial charge in [0.1, 0.15) is 0 Å². The molecule has 0 aliphatic rings. The summed E-state index contributed by atoms with van der Waals surface area (Å²) in [5.74, 6) is 5.94. The van der Waals surface area contributed by atoms with Crippen LogP contribution < -0.4 is 5.19 Å². The molecule has 4 heteroatoms. The van der Waals surface area contributed by atoms with Gasteiger partial charge in [-0.1, -0.05) is 63.0 Å². The minimum Gasteiger partial charge on any atom is -0.166 e. The monoisotopic (exact) mass is 360 g/mol. The summed E-state index contributed by atoms with van der Waals surface area (Å²) < 4.78 is 37.7. The fraction of sp³-hybridized carbons (Fsp3) is 0.333. The first kappa shape index (κ1) is 19.3. The SMILES string of the molecule is CC(C)(C)[Si](C)(C)c1ccc(C#Cc2ccc(C(F)(F)F)cc2)cc1. The lowest BCUT2D eigenvalue weighted by Crippen LogP contribution is -2.49. The number of hydrogen-bond donors (Lipinski definition) is 0. The van der Waals surface area contributed by atoms with E-state index in [1.807, 2.05) is 12.1 Å². The second-order valence-corrected chi connectivity index (χ2v) is 13.1. The minimum atomic E-state index is -4.31. The fourth-order valence-corrected chi connectivity index (χ4v) is 4.16. The number of benzene rings is 2. The van der Waals surface area contributed by atoms with Crippen molar-refractivity contribution < 1.29 is 13.2 Å². The molecule has 0 fully saturated rings. The third-order valence-electron chi connectivity index (χ3n) is 5.04. The molecule has 0 aliphatic carbocycles. The number of rotatable bonds is 1. The van der Waals surface area contributed by atoms with Crippen LogP contribution in [0.1, 0.15) is 37.5 Å². The highest BCUT2D eigenvalue weighted by molar-refractivity contribution is 6.92. The Balaban J connectivity index is 2.19. The summed E-state index contributed by atoms with van der Waals surface area (Å²) >= 11 is 0. The van der Waals surface area contributed by atoms with Crippen molar-refractivity contribution in [3.8, 4) is 11.8 Å². The lowest BCUT2D eigenvalue weighted by atomic mass is 10.1. The molecule has 0 atom stereocenters. The van der Waals surface area contributed by atoms with Crippen LogP contribution in [0.2, 0.25) is 18.1 Å². The van der Waals surface area contributed by atoms with Crippen molar-refractivity contribution in [2.24, 2.45) is 0 Å². The summed E-state index contributed by atoms with van der Waals surface area (Å²) in [7, 11) is -1.57. The van der Waals surface area contributed by atoms with Gasteiger partial charge in [0, 0.05) is 11.1 Å². The van der Waals surface area contributed by atoms with Crippen LogP contribution in [0.4, 0.5) is 13.2 Å². The summed E-state index contributed by atoms with van der Waals surface area (Å²) in [4.78, 5) is 0. The van der Waals surface area contributed by atoms with Crippen LogP contribution in [-0.4, -0.2) is 8.07 Å². The molecule has 0 unspecified atom stereocenters. The lowest BCUT2D eigenvalue weighted by molar-refractivity contribution is -0.137. The Kier molecular flexibility index (Phi) is 5.20. The molecule has 0 nitrogen and oxygen atoms in total. The smallest absolute Gasteiger partial charge is 0.166 e. The van der Waals surface area contributed by atoms with E-state index in [4.69, 9.17) is 0 Å². The predicted molar refractivity (Wildman–Crippen MR) is 101 cm³/mol. The predicted octanol–water partition coefficient (Wildman–Crippen LogP) is 5.82. The second-order valence-electron chi connectivity index (χ2n) is 7.78.